The molecule has 0 aromatic heterocycles. The van der Waals surface area contributed by atoms with Gasteiger partial charge in [-0.3, -0.25) is 0 Å². The molecule has 0 unspecified atom stereocenters. The third-order valence-electron chi connectivity index (χ3n) is 3.28. The molecule has 0 aliphatic carbocycles. The van der Waals surface area contributed by atoms with Gasteiger partial charge in [0.05, 0.1) is 23.1 Å². The minimum absolute atomic E-state index is 0.374. The minimum Gasteiger partial charge on any atom is -0.545 e. The summed E-state index contributed by atoms with van der Waals surface area (Å²) in [5.41, 5.74) is -3.40. The predicted molar refractivity (Wildman–Crippen MR) is 74.5 cm³/mol. The van der Waals surface area contributed by atoms with Gasteiger partial charge in [0.15, 0.2) is 0 Å². The van der Waals surface area contributed by atoms with E-state index in [9.17, 15) is 34.5 Å². The fraction of sp³-hybridized carbons (Fsp3) is 0. The molecule has 0 bridgehead atoms. The maximum absolute atomic E-state index is 11.5. The Labute approximate surface area is 134 Å². The van der Waals surface area contributed by atoms with Crippen LogP contribution in [-0.2, 0) is 0 Å². The number of hydrogen-bond donors (Lipinski definition) is 2. The van der Waals surface area contributed by atoms with E-state index in [1.54, 1.807) is 0 Å². The average Bonchev–Trinajstić information content (AvgIpc) is 2.52. The maximum Gasteiger partial charge on any atom is 0.337 e. The van der Waals surface area contributed by atoms with Crippen LogP contribution in [0.25, 0.3) is 11.1 Å². The van der Waals surface area contributed by atoms with Gasteiger partial charge in [0.2, 0.25) is 0 Å². The smallest absolute Gasteiger partial charge is 0.337 e. The summed E-state index contributed by atoms with van der Waals surface area (Å²) in [6, 6.07) is 6.48. The summed E-state index contributed by atoms with van der Waals surface area (Å²) in [5.74, 6) is -6.70. The van der Waals surface area contributed by atoms with Crippen LogP contribution < -0.4 is 10.2 Å². The highest BCUT2D eigenvalue weighted by atomic mass is 16.4. The first-order valence-corrected chi connectivity index (χ1v) is 6.41. The fourth-order valence-electron chi connectivity index (χ4n) is 2.35. The standard InChI is InChI=1S/C16H10O8/c17-13(18)8-4-2-5-9(14(19)20)11(8)7-3-1-6-10(15(21)22)12(7)16(23)24/h1-6H,(H,17,18)(H,19,20)(H,21,22)(H,23,24)/p-2. The molecule has 8 nitrogen and oxygen atoms in total. The highest BCUT2D eigenvalue weighted by molar-refractivity contribution is 6.11. The Kier molecular flexibility index (Phi) is 4.32. The zero-order chi connectivity index (χ0) is 18.0. The maximum atomic E-state index is 11.5. The molecule has 8 heteroatoms. The van der Waals surface area contributed by atoms with Gasteiger partial charge in [-0.05, 0) is 11.6 Å². The number of carboxylic acids is 4. The van der Waals surface area contributed by atoms with Crippen LogP contribution in [0.3, 0.4) is 0 Å². The van der Waals surface area contributed by atoms with E-state index in [0.717, 1.165) is 30.3 Å². The van der Waals surface area contributed by atoms with Crippen molar-refractivity contribution in [1.82, 2.24) is 0 Å². The third kappa shape index (κ3) is 2.80. The molecule has 0 aliphatic heterocycles. The Morgan fingerprint density at radius 3 is 1.58 bits per heavy atom. The second kappa shape index (κ2) is 6.21. The highest BCUT2D eigenvalue weighted by Gasteiger charge is 2.24. The number of aromatic carboxylic acids is 4. The average molecular weight is 328 g/mol. The summed E-state index contributed by atoms with van der Waals surface area (Å²) < 4.78 is 0. The molecule has 2 rings (SSSR count). The Morgan fingerprint density at radius 1 is 0.708 bits per heavy atom. The highest BCUT2D eigenvalue weighted by Crippen LogP contribution is 2.32. The van der Waals surface area contributed by atoms with Crippen molar-refractivity contribution >= 4 is 23.9 Å². The summed E-state index contributed by atoms with van der Waals surface area (Å²) in [4.78, 5) is 45.3. The zero-order valence-corrected chi connectivity index (χ0v) is 11.8. The number of benzene rings is 2. The Morgan fingerprint density at radius 2 is 1.17 bits per heavy atom. The molecule has 2 aromatic carbocycles. The first-order chi connectivity index (χ1) is 11.3. The van der Waals surface area contributed by atoms with Crippen LogP contribution in [0, 0.1) is 0 Å². The molecule has 0 aliphatic rings. The quantitative estimate of drug-likeness (QED) is 0.742. The van der Waals surface area contributed by atoms with E-state index in [0.29, 0.717) is 0 Å². The van der Waals surface area contributed by atoms with Crippen LogP contribution in [0.5, 0.6) is 0 Å². The molecule has 0 atom stereocenters. The van der Waals surface area contributed by atoms with Crippen LogP contribution in [-0.4, -0.2) is 34.1 Å². The van der Waals surface area contributed by atoms with Gasteiger partial charge in [-0.15, -0.1) is 0 Å². The molecule has 0 fully saturated rings. The van der Waals surface area contributed by atoms with E-state index in [1.165, 1.54) is 6.07 Å². The van der Waals surface area contributed by atoms with E-state index in [-0.39, 0.29) is 5.56 Å². The van der Waals surface area contributed by atoms with Gasteiger partial charge < -0.3 is 30.0 Å². The van der Waals surface area contributed by atoms with E-state index in [2.05, 4.69) is 0 Å². The number of rotatable bonds is 5. The minimum atomic E-state index is -1.75. The molecule has 0 heterocycles. The molecule has 0 saturated carbocycles. The Balaban J connectivity index is 2.99. The van der Waals surface area contributed by atoms with E-state index in [4.69, 9.17) is 5.11 Å². The molecule has 0 radical (unpaired) electrons. The first kappa shape index (κ1) is 16.7. The lowest BCUT2D eigenvalue weighted by Gasteiger charge is -2.18. The van der Waals surface area contributed by atoms with Crippen molar-refractivity contribution in [3.05, 3.63) is 58.7 Å². The van der Waals surface area contributed by atoms with Crippen LogP contribution in [0.2, 0.25) is 0 Å². The van der Waals surface area contributed by atoms with Crippen molar-refractivity contribution < 1.29 is 39.6 Å². The molecule has 0 saturated heterocycles. The van der Waals surface area contributed by atoms with E-state index in [1.807, 2.05) is 0 Å². The van der Waals surface area contributed by atoms with Gasteiger partial charge in [-0.1, -0.05) is 30.3 Å². The summed E-state index contributed by atoms with van der Waals surface area (Å²) in [6.45, 7) is 0. The number of carbonyl (C=O) groups is 4. The fourth-order valence-corrected chi connectivity index (χ4v) is 2.35. The molecule has 24 heavy (non-hydrogen) atoms. The summed E-state index contributed by atoms with van der Waals surface area (Å²) in [5, 5.41) is 41.0. The van der Waals surface area contributed by atoms with Crippen LogP contribution in [0.1, 0.15) is 41.4 Å². The third-order valence-corrected chi connectivity index (χ3v) is 3.28. The van der Waals surface area contributed by atoms with Crippen LogP contribution in [0.15, 0.2) is 36.4 Å². The van der Waals surface area contributed by atoms with Gasteiger partial charge in [-0.25, -0.2) is 9.59 Å². The summed E-state index contributed by atoms with van der Waals surface area (Å²) in [7, 11) is 0. The molecule has 0 amide bonds. The lowest BCUT2D eigenvalue weighted by molar-refractivity contribution is -0.255. The number of carbonyl (C=O) groups excluding carboxylic acids is 2. The van der Waals surface area contributed by atoms with Crippen LogP contribution in [0.4, 0.5) is 0 Å². The Bertz CT molecular complexity index is 849. The van der Waals surface area contributed by atoms with E-state index < -0.39 is 51.7 Å². The van der Waals surface area contributed by atoms with Crippen molar-refractivity contribution in [3.8, 4) is 11.1 Å². The number of carboxylic acid groups (broad SMARTS) is 4. The van der Waals surface area contributed by atoms with Crippen molar-refractivity contribution in [1.29, 1.82) is 0 Å². The summed E-state index contributed by atoms with van der Waals surface area (Å²) >= 11 is 0. The predicted octanol–water partition coefficient (Wildman–Crippen LogP) is -0.523. The second-order valence-corrected chi connectivity index (χ2v) is 4.64. The lowest BCUT2D eigenvalue weighted by atomic mass is 9.89. The Hall–Kier alpha value is -3.68. The van der Waals surface area contributed by atoms with Crippen LogP contribution >= 0.6 is 0 Å². The molecule has 2 aromatic rings. The number of hydrogen-bond acceptors (Lipinski definition) is 6. The van der Waals surface area contributed by atoms with Crippen molar-refractivity contribution in [2.24, 2.45) is 0 Å². The molecule has 122 valence electrons. The molecule has 2 N–H and O–H groups in total. The van der Waals surface area contributed by atoms with Gasteiger partial charge in [-0.2, -0.15) is 0 Å². The van der Waals surface area contributed by atoms with Gasteiger partial charge in [0.25, 0.3) is 0 Å². The normalized spacial score (nSPS) is 10.2. The van der Waals surface area contributed by atoms with Gasteiger partial charge in [0, 0.05) is 16.7 Å². The molecule has 0 spiro atoms. The zero-order valence-electron chi connectivity index (χ0n) is 11.8. The molecular formula is C16H8O8-2. The van der Waals surface area contributed by atoms with E-state index >= 15 is 0 Å². The largest absolute Gasteiger partial charge is 0.545 e. The molecular weight excluding hydrogens is 320 g/mol. The van der Waals surface area contributed by atoms with Crippen molar-refractivity contribution in [3.63, 3.8) is 0 Å². The van der Waals surface area contributed by atoms with Gasteiger partial charge in [0.1, 0.15) is 0 Å². The monoisotopic (exact) mass is 328 g/mol. The lowest BCUT2D eigenvalue weighted by Crippen LogP contribution is -2.27. The van der Waals surface area contributed by atoms with Crippen molar-refractivity contribution in [2.75, 3.05) is 0 Å². The van der Waals surface area contributed by atoms with Crippen molar-refractivity contribution in [2.45, 2.75) is 0 Å². The SMILES string of the molecule is O=C(O)c1cccc(-c2c(C(=O)[O-])cccc2C(=O)[O-])c1C(=O)O. The van der Waals surface area contributed by atoms with Gasteiger partial charge >= 0.3 is 11.9 Å². The summed E-state index contributed by atoms with van der Waals surface area (Å²) in [6.07, 6.45) is 0. The first-order valence-electron chi connectivity index (χ1n) is 6.41. The second-order valence-electron chi connectivity index (χ2n) is 4.64. The topological polar surface area (TPSA) is 155 Å².